The zero-order chi connectivity index (χ0) is 20.3. The van der Waals surface area contributed by atoms with Crippen LogP contribution >= 0.6 is 11.8 Å². The first-order chi connectivity index (χ1) is 13.4. The molecule has 1 N–H and O–H groups in total. The summed E-state index contributed by atoms with van der Waals surface area (Å²) in [7, 11) is -1.99. The van der Waals surface area contributed by atoms with Gasteiger partial charge >= 0.3 is 0 Å². The number of likely N-dealkylation sites (N-methyl/N-ethyl adjacent to an activating group) is 1. The Kier molecular flexibility index (Phi) is 6.70. The van der Waals surface area contributed by atoms with Gasteiger partial charge in [0.15, 0.2) is 0 Å². The predicted octanol–water partition coefficient (Wildman–Crippen LogP) is 4.23. The summed E-state index contributed by atoms with van der Waals surface area (Å²) in [5.74, 6) is 0. The Morgan fingerprint density at radius 1 is 1.21 bits per heavy atom. The van der Waals surface area contributed by atoms with Gasteiger partial charge in [-0.05, 0) is 42.5 Å². The average molecular weight is 421 g/mol. The first kappa shape index (κ1) is 21.2. The molecule has 2 aromatic carbocycles. The number of hydrogen-bond acceptors (Lipinski definition) is 5. The van der Waals surface area contributed by atoms with Gasteiger partial charge in [-0.25, -0.2) is 8.42 Å². The number of aliphatic hydroxyl groups excluding tert-OH is 1. The molecule has 0 saturated heterocycles. The number of para-hydroxylation sites is 1. The van der Waals surface area contributed by atoms with E-state index in [1.807, 2.05) is 42.7 Å². The summed E-state index contributed by atoms with van der Waals surface area (Å²) in [6.45, 7) is 2.53. The monoisotopic (exact) mass is 420 g/mol. The molecule has 2 aromatic rings. The van der Waals surface area contributed by atoms with Crippen LogP contribution < -0.4 is 4.90 Å². The summed E-state index contributed by atoms with van der Waals surface area (Å²) in [6, 6.07) is 13.4. The van der Waals surface area contributed by atoms with E-state index < -0.39 is 10.0 Å². The molecular formula is C21H28N2O3S2. The number of hydrogen-bond donors (Lipinski definition) is 1. The van der Waals surface area contributed by atoms with Crippen molar-refractivity contribution in [1.29, 1.82) is 0 Å². The summed E-state index contributed by atoms with van der Waals surface area (Å²) in [6.07, 6.45) is 4.75. The zero-order valence-corrected chi connectivity index (χ0v) is 18.3. The molecule has 0 saturated carbocycles. The fourth-order valence-electron chi connectivity index (χ4n) is 3.66. The maximum atomic E-state index is 13.5. The van der Waals surface area contributed by atoms with Crippen molar-refractivity contribution in [2.75, 3.05) is 24.7 Å². The Morgan fingerprint density at radius 3 is 2.54 bits per heavy atom. The minimum absolute atomic E-state index is 0.118. The number of nitrogens with zero attached hydrogens (tertiary/aromatic N) is 2. The average Bonchev–Trinajstić information content (AvgIpc) is 2.80. The molecular weight excluding hydrogens is 392 g/mol. The number of sulfonamides is 1. The van der Waals surface area contributed by atoms with Crippen molar-refractivity contribution < 1.29 is 13.5 Å². The molecule has 0 radical (unpaired) electrons. The van der Waals surface area contributed by atoms with Gasteiger partial charge in [-0.15, -0.1) is 11.8 Å². The molecule has 0 aromatic heterocycles. The van der Waals surface area contributed by atoms with Crippen LogP contribution in [0, 0.1) is 0 Å². The molecule has 0 fully saturated rings. The highest BCUT2D eigenvalue weighted by molar-refractivity contribution is 7.98. The number of fused-ring (bicyclic) bond motifs is 1. The minimum Gasteiger partial charge on any atom is -0.392 e. The first-order valence-electron chi connectivity index (χ1n) is 9.56. The van der Waals surface area contributed by atoms with Crippen LogP contribution in [0.1, 0.15) is 31.7 Å². The Balaban J connectivity index is 2.24. The molecule has 28 heavy (non-hydrogen) atoms. The Hall–Kier alpha value is -1.54. The van der Waals surface area contributed by atoms with Crippen molar-refractivity contribution >= 4 is 33.2 Å². The molecule has 0 bridgehead atoms. The number of aliphatic hydroxyl groups is 1. The van der Waals surface area contributed by atoms with Crippen LogP contribution in [-0.4, -0.2) is 43.7 Å². The second kappa shape index (κ2) is 8.86. The van der Waals surface area contributed by atoms with Crippen molar-refractivity contribution in [3.8, 4) is 0 Å². The van der Waals surface area contributed by atoms with E-state index in [1.165, 1.54) is 16.1 Å². The van der Waals surface area contributed by atoms with E-state index in [0.29, 0.717) is 17.8 Å². The van der Waals surface area contributed by atoms with E-state index in [4.69, 9.17) is 0 Å². The number of anilines is 2. The van der Waals surface area contributed by atoms with Crippen LogP contribution in [0.25, 0.3) is 0 Å². The highest BCUT2D eigenvalue weighted by Gasteiger charge is 2.37. The Labute approximate surface area is 172 Å². The highest BCUT2D eigenvalue weighted by Crippen LogP contribution is 2.41. The van der Waals surface area contributed by atoms with Gasteiger partial charge < -0.3 is 10.0 Å². The number of benzene rings is 2. The quantitative estimate of drug-likeness (QED) is 0.709. The lowest BCUT2D eigenvalue weighted by Gasteiger charge is -2.29. The summed E-state index contributed by atoms with van der Waals surface area (Å²) >= 11 is 1.52. The molecule has 5 nitrogen and oxygen atoms in total. The SMILES string of the molecule is CCCCC1CN(c2ccccc2)c2cc(SC)c(CO)cc2S(=O)(=O)N1C. The van der Waals surface area contributed by atoms with Crippen molar-refractivity contribution in [2.45, 2.75) is 48.6 Å². The molecule has 1 heterocycles. The molecule has 3 rings (SSSR count). The van der Waals surface area contributed by atoms with Gasteiger partial charge in [0.25, 0.3) is 0 Å². The summed E-state index contributed by atoms with van der Waals surface area (Å²) < 4.78 is 28.4. The predicted molar refractivity (Wildman–Crippen MR) is 116 cm³/mol. The van der Waals surface area contributed by atoms with Gasteiger partial charge in [-0.2, -0.15) is 4.31 Å². The summed E-state index contributed by atoms with van der Waals surface area (Å²) in [5.41, 5.74) is 2.29. The zero-order valence-electron chi connectivity index (χ0n) is 16.6. The van der Waals surface area contributed by atoms with Crippen LogP contribution in [0.2, 0.25) is 0 Å². The molecule has 1 aliphatic heterocycles. The van der Waals surface area contributed by atoms with Gasteiger partial charge in [0.2, 0.25) is 10.0 Å². The lowest BCUT2D eigenvalue weighted by atomic mass is 10.1. The molecule has 1 aliphatic rings. The van der Waals surface area contributed by atoms with E-state index in [2.05, 4.69) is 11.8 Å². The normalized spacial score (nSPS) is 19.3. The van der Waals surface area contributed by atoms with Crippen LogP contribution in [0.15, 0.2) is 52.3 Å². The summed E-state index contributed by atoms with van der Waals surface area (Å²) in [5, 5.41) is 9.77. The van der Waals surface area contributed by atoms with Gasteiger partial charge in [0.1, 0.15) is 4.90 Å². The number of unbranched alkanes of at least 4 members (excludes halogenated alkanes) is 1. The maximum absolute atomic E-state index is 13.5. The molecule has 0 amide bonds. The lowest BCUT2D eigenvalue weighted by molar-refractivity contribution is 0.278. The van der Waals surface area contributed by atoms with Gasteiger partial charge in [0.05, 0.1) is 12.3 Å². The van der Waals surface area contributed by atoms with Gasteiger partial charge in [-0.3, -0.25) is 0 Å². The molecule has 7 heteroatoms. The van der Waals surface area contributed by atoms with Crippen molar-refractivity contribution in [3.63, 3.8) is 0 Å². The third-order valence-electron chi connectivity index (χ3n) is 5.35. The fourth-order valence-corrected chi connectivity index (χ4v) is 5.88. The smallest absolute Gasteiger partial charge is 0.245 e. The van der Waals surface area contributed by atoms with Crippen molar-refractivity contribution in [3.05, 3.63) is 48.0 Å². The molecule has 152 valence electrons. The standard InChI is InChI=1S/C21H28N2O3S2/c1-4-5-9-18-14-23(17-10-7-6-8-11-17)19-13-20(27-3)16(15-24)12-21(19)28(25,26)22(18)2/h6-8,10-13,18,24H,4-5,9,14-15H2,1-3H3. The molecule has 1 atom stereocenters. The first-order valence-corrected chi connectivity index (χ1v) is 12.2. The maximum Gasteiger partial charge on any atom is 0.245 e. The van der Waals surface area contributed by atoms with Crippen LogP contribution in [0.4, 0.5) is 11.4 Å². The Bertz CT molecular complexity index is 917. The second-order valence-electron chi connectivity index (χ2n) is 7.05. The van der Waals surface area contributed by atoms with E-state index in [9.17, 15) is 13.5 Å². The highest BCUT2D eigenvalue weighted by atomic mass is 32.2. The molecule has 1 unspecified atom stereocenters. The third-order valence-corrected chi connectivity index (χ3v) is 8.11. The van der Waals surface area contributed by atoms with Crippen LogP contribution in [-0.2, 0) is 16.6 Å². The number of rotatable bonds is 6. The van der Waals surface area contributed by atoms with Crippen molar-refractivity contribution in [1.82, 2.24) is 4.31 Å². The number of thioether (sulfide) groups is 1. The largest absolute Gasteiger partial charge is 0.392 e. The molecule has 0 spiro atoms. The summed E-state index contributed by atoms with van der Waals surface area (Å²) in [4.78, 5) is 3.27. The second-order valence-corrected chi connectivity index (χ2v) is 9.87. The van der Waals surface area contributed by atoms with E-state index in [0.717, 1.165) is 29.8 Å². The van der Waals surface area contributed by atoms with Gasteiger partial charge in [-0.1, -0.05) is 38.0 Å². The van der Waals surface area contributed by atoms with Crippen LogP contribution in [0.3, 0.4) is 0 Å². The minimum atomic E-state index is -3.66. The van der Waals surface area contributed by atoms with Crippen LogP contribution in [0.5, 0.6) is 0 Å². The van der Waals surface area contributed by atoms with Gasteiger partial charge in [0, 0.05) is 30.2 Å². The van der Waals surface area contributed by atoms with E-state index >= 15 is 0 Å². The Morgan fingerprint density at radius 2 is 1.93 bits per heavy atom. The fraction of sp³-hybridized carbons (Fsp3) is 0.429. The van der Waals surface area contributed by atoms with E-state index in [-0.39, 0.29) is 17.5 Å². The van der Waals surface area contributed by atoms with E-state index in [1.54, 1.807) is 13.1 Å². The third kappa shape index (κ3) is 3.94. The topological polar surface area (TPSA) is 60.9 Å². The molecule has 0 aliphatic carbocycles. The lowest BCUT2D eigenvalue weighted by Crippen LogP contribution is -2.40. The van der Waals surface area contributed by atoms with Crippen molar-refractivity contribution in [2.24, 2.45) is 0 Å².